The lowest BCUT2D eigenvalue weighted by molar-refractivity contribution is -0.605. The van der Waals surface area contributed by atoms with Gasteiger partial charge in [-0.2, -0.15) is 4.73 Å². The largest absolute Gasteiger partial charge is 0.619 e. The molecule has 3 rings (SSSR count). The predicted octanol–water partition coefficient (Wildman–Crippen LogP) is 2.34. The van der Waals surface area contributed by atoms with Crippen LogP contribution in [0.3, 0.4) is 0 Å². The van der Waals surface area contributed by atoms with Crippen molar-refractivity contribution in [1.29, 1.82) is 0 Å². The minimum absolute atomic E-state index is 0.102. The van der Waals surface area contributed by atoms with Gasteiger partial charge in [0.25, 0.3) is 0 Å². The van der Waals surface area contributed by atoms with E-state index in [2.05, 4.69) is 5.32 Å². The molecule has 148 valence electrons. The van der Waals surface area contributed by atoms with E-state index < -0.39 is 6.09 Å². The van der Waals surface area contributed by atoms with Crippen molar-refractivity contribution in [3.05, 3.63) is 35.3 Å². The fraction of sp³-hybridized carbons (Fsp3) is 0.632. The molecule has 1 N–H and O–H groups in total. The van der Waals surface area contributed by atoms with Gasteiger partial charge in [0.2, 0.25) is 0 Å². The molecule has 2 heterocycles. The number of nitrogens with zero attached hydrogens (tertiary/aromatic N) is 2. The highest BCUT2D eigenvalue weighted by Crippen LogP contribution is 2.27. The number of aromatic nitrogens is 1. The third-order valence-electron chi connectivity index (χ3n) is 5.18. The Morgan fingerprint density at radius 3 is 2.48 bits per heavy atom. The number of carbonyl (C=O) groups is 2. The average Bonchev–Trinajstić information content (AvgIpc) is 3.22. The number of alkyl carbamates (subject to hydrolysis) is 1. The van der Waals surface area contributed by atoms with Crippen LogP contribution in [0.15, 0.2) is 24.5 Å². The molecule has 0 aromatic carbocycles. The van der Waals surface area contributed by atoms with Gasteiger partial charge >= 0.3 is 12.2 Å². The summed E-state index contributed by atoms with van der Waals surface area (Å²) in [5.41, 5.74) is 0.836. The molecule has 1 saturated carbocycles. The van der Waals surface area contributed by atoms with Crippen LogP contribution in [0.2, 0.25) is 0 Å². The molecule has 2 amide bonds. The summed E-state index contributed by atoms with van der Waals surface area (Å²) in [5.74, 6) is 0.336. The molecule has 0 bridgehead atoms. The minimum Gasteiger partial charge on any atom is -0.619 e. The van der Waals surface area contributed by atoms with Gasteiger partial charge in [-0.1, -0.05) is 0 Å². The number of carbonyl (C=O) groups excluding carboxylic acids is 2. The SMILES string of the molecule is O=C(NCc1cc[n+]([O-])cc1)OC1CCC(COC(=O)N2CCCC2)CC1. The standard InChI is InChI=1S/C19H27N3O5/c23-18(20-13-15-7-11-22(25)12-8-15)27-17-5-3-16(4-6-17)14-26-19(24)21-9-1-2-10-21/h7-8,11-12,16-17H,1-6,9-10,13-14H2,(H,20,23). The first-order chi connectivity index (χ1) is 13.1. The quantitative estimate of drug-likeness (QED) is 0.628. The Morgan fingerprint density at radius 2 is 1.81 bits per heavy atom. The van der Waals surface area contributed by atoms with Gasteiger partial charge in [-0.3, -0.25) is 0 Å². The normalized spacial score (nSPS) is 22.3. The van der Waals surface area contributed by atoms with Crippen LogP contribution >= 0.6 is 0 Å². The average molecular weight is 377 g/mol. The van der Waals surface area contributed by atoms with Crippen molar-refractivity contribution in [1.82, 2.24) is 10.2 Å². The van der Waals surface area contributed by atoms with E-state index in [0.29, 0.717) is 23.8 Å². The van der Waals surface area contributed by atoms with Crippen LogP contribution in [0.25, 0.3) is 0 Å². The van der Waals surface area contributed by atoms with Crippen molar-refractivity contribution in [2.75, 3.05) is 19.7 Å². The number of hydrogen-bond donors (Lipinski definition) is 1. The van der Waals surface area contributed by atoms with Crippen LogP contribution < -0.4 is 10.0 Å². The third kappa shape index (κ3) is 6.01. The molecule has 0 spiro atoms. The number of nitrogens with one attached hydrogen (secondary N) is 1. The van der Waals surface area contributed by atoms with Gasteiger partial charge < -0.3 is 24.9 Å². The molecule has 2 aliphatic rings. The molecule has 0 unspecified atom stereocenters. The van der Waals surface area contributed by atoms with Crippen LogP contribution in [0.4, 0.5) is 9.59 Å². The lowest BCUT2D eigenvalue weighted by Crippen LogP contribution is -2.33. The summed E-state index contributed by atoms with van der Waals surface area (Å²) in [6.07, 6.45) is 7.47. The van der Waals surface area contributed by atoms with E-state index in [9.17, 15) is 14.8 Å². The summed E-state index contributed by atoms with van der Waals surface area (Å²) in [4.78, 5) is 25.6. The second-order valence-corrected chi connectivity index (χ2v) is 7.24. The van der Waals surface area contributed by atoms with Crippen LogP contribution in [-0.4, -0.2) is 42.9 Å². The Balaban J connectivity index is 1.30. The molecule has 8 nitrogen and oxygen atoms in total. The third-order valence-corrected chi connectivity index (χ3v) is 5.18. The van der Waals surface area contributed by atoms with E-state index in [1.165, 1.54) is 12.4 Å². The fourth-order valence-electron chi connectivity index (χ4n) is 3.53. The first-order valence-corrected chi connectivity index (χ1v) is 9.64. The van der Waals surface area contributed by atoms with Crippen molar-refractivity contribution in [3.63, 3.8) is 0 Å². The van der Waals surface area contributed by atoms with Gasteiger partial charge in [0.05, 0.1) is 6.61 Å². The summed E-state index contributed by atoms with van der Waals surface area (Å²) in [6.45, 7) is 2.37. The number of amides is 2. The molecular formula is C19H27N3O5. The van der Waals surface area contributed by atoms with Gasteiger partial charge in [-0.05, 0) is 50.0 Å². The van der Waals surface area contributed by atoms with Crippen molar-refractivity contribution in [2.24, 2.45) is 5.92 Å². The Kier molecular flexibility index (Phi) is 6.73. The fourth-order valence-corrected chi connectivity index (χ4v) is 3.53. The molecule has 1 aliphatic carbocycles. The van der Waals surface area contributed by atoms with Crippen molar-refractivity contribution in [2.45, 2.75) is 51.2 Å². The molecule has 8 heteroatoms. The highest BCUT2D eigenvalue weighted by atomic mass is 16.6. The van der Waals surface area contributed by atoms with Crippen LogP contribution in [0, 0.1) is 11.1 Å². The zero-order valence-electron chi connectivity index (χ0n) is 15.5. The molecule has 1 aromatic heterocycles. The molecule has 1 aliphatic heterocycles. The van der Waals surface area contributed by atoms with Crippen LogP contribution in [0.5, 0.6) is 0 Å². The molecular weight excluding hydrogens is 350 g/mol. The molecule has 2 fully saturated rings. The molecule has 1 saturated heterocycles. The maximum absolute atomic E-state index is 11.9. The van der Waals surface area contributed by atoms with E-state index in [4.69, 9.17) is 9.47 Å². The Morgan fingerprint density at radius 1 is 1.15 bits per heavy atom. The van der Waals surface area contributed by atoms with Crippen LogP contribution in [0.1, 0.15) is 44.1 Å². The molecule has 1 aromatic rings. The predicted molar refractivity (Wildman–Crippen MR) is 96.6 cm³/mol. The second kappa shape index (κ2) is 9.43. The Hall–Kier alpha value is -2.51. The first kappa shape index (κ1) is 19.3. The van der Waals surface area contributed by atoms with E-state index in [1.54, 1.807) is 17.0 Å². The van der Waals surface area contributed by atoms with Crippen molar-refractivity contribution < 1.29 is 23.8 Å². The minimum atomic E-state index is -0.447. The summed E-state index contributed by atoms with van der Waals surface area (Å²) >= 11 is 0. The number of rotatable bonds is 5. The first-order valence-electron chi connectivity index (χ1n) is 9.64. The summed E-state index contributed by atoms with van der Waals surface area (Å²) in [5, 5.41) is 13.7. The number of hydrogen-bond acceptors (Lipinski definition) is 5. The topological polar surface area (TPSA) is 94.8 Å². The zero-order chi connectivity index (χ0) is 19.1. The van der Waals surface area contributed by atoms with E-state index in [1.807, 2.05) is 0 Å². The van der Waals surface area contributed by atoms with Gasteiger partial charge in [0.15, 0.2) is 12.4 Å². The second-order valence-electron chi connectivity index (χ2n) is 7.24. The highest BCUT2D eigenvalue weighted by Gasteiger charge is 2.26. The van der Waals surface area contributed by atoms with Crippen molar-refractivity contribution >= 4 is 12.2 Å². The number of ether oxygens (including phenoxy) is 2. The highest BCUT2D eigenvalue weighted by molar-refractivity contribution is 5.68. The summed E-state index contributed by atoms with van der Waals surface area (Å²) < 4.78 is 11.6. The van der Waals surface area contributed by atoms with Crippen LogP contribution in [-0.2, 0) is 16.0 Å². The van der Waals surface area contributed by atoms with Gasteiger partial charge in [0, 0.05) is 31.8 Å². The molecule has 0 atom stereocenters. The lowest BCUT2D eigenvalue weighted by atomic mass is 9.88. The zero-order valence-corrected chi connectivity index (χ0v) is 15.5. The van der Waals surface area contributed by atoms with Gasteiger partial charge in [-0.15, -0.1) is 0 Å². The monoisotopic (exact) mass is 377 g/mol. The molecule has 27 heavy (non-hydrogen) atoms. The molecule has 0 radical (unpaired) electrons. The number of pyridine rings is 1. The lowest BCUT2D eigenvalue weighted by Gasteiger charge is -2.28. The summed E-state index contributed by atoms with van der Waals surface area (Å²) in [7, 11) is 0. The van der Waals surface area contributed by atoms with Gasteiger partial charge in [0.1, 0.15) is 6.10 Å². The van der Waals surface area contributed by atoms with Crippen molar-refractivity contribution in [3.8, 4) is 0 Å². The van der Waals surface area contributed by atoms with E-state index in [-0.39, 0.29) is 12.2 Å². The van der Waals surface area contributed by atoms with E-state index in [0.717, 1.165) is 57.2 Å². The smallest absolute Gasteiger partial charge is 0.409 e. The maximum Gasteiger partial charge on any atom is 0.409 e. The van der Waals surface area contributed by atoms with E-state index >= 15 is 0 Å². The van der Waals surface area contributed by atoms with Gasteiger partial charge in [-0.25, -0.2) is 9.59 Å². The Labute approximate surface area is 159 Å². The number of likely N-dealkylation sites (tertiary alicyclic amines) is 1. The Bertz CT molecular complexity index is 623. The summed E-state index contributed by atoms with van der Waals surface area (Å²) in [6, 6.07) is 3.31. The maximum atomic E-state index is 11.9.